The molecule has 1 aromatic heterocycles. The molecule has 106 heavy (non-hydrogen) atoms. The molecule has 12 atom stereocenters. The molecule has 592 valence electrons. The number of hydrogen-bond donors (Lipinski definition) is 17. The number of imidazole rings is 1. The highest BCUT2D eigenvalue weighted by atomic mass is 16.2. The molecule has 0 aliphatic rings. The SMILES string of the molecule is CC[C@H](C)[C@H](NC(=O)[C@H](CCCCN)NC(=O)[C@H](CCCCN)NC(=O)[C@H](Cc1[nH]cnc1-c1ccccc1)NC(=O)[C@H](CC(C)C)NC(=O)[C@H](CCCCN)NC(=O)[C@H](Cc1ccccc1)NC(C)=O)C(=O)N[C@@H](CC(C)C)C(=O)N[C@@H](CCCCN)C(=O)N[C@H](C(=O)N[C@@H](CC(C)C)C(N)=O)C(C)C. The first kappa shape index (κ1) is 91.3. The van der Waals surface area contributed by atoms with Crippen LogP contribution in [0.25, 0.3) is 11.3 Å². The van der Waals surface area contributed by atoms with Gasteiger partial charge in [-0.05, 0) is 158 Å². The van der Waals surface area contributed by atoms with Crippen LogP contribution >= 0.6 is 0 Å². The zero-order chi connectivity index (χ0) is 79.0. The smallest absolute Gasteiger partial charge is 0.243 e. The fraction of sp³-hybridized carbons (Fsp3) is 0.645. The molecular formula is C76H126N18O12. The third-order valence-corrected chi connectivity index (χ3v) is 18.2. The average Bonchev–Trinajstić information content (AvgIpc) is 1.63. The van der Waals surface area contributed by atoms with Gasteiger partial charge >= 0.3 is 0 Å². The maximum absolute atomic E-state index is 15.2. The van der Waals surface area contributed by atoms with Crippen LogP contribution in [0.3, 0.4) is 0 Å². The zero-order valence-electron chi connectivity index (χ0n) is 64.4. The van der Waals surface area contributed by atoms with E-state index >= 15 is 9.59 Å². The molecule has 2 aromatic carbocycles. The number of nitrogens with one attached hydrogen (secondary N) is 12. The molecule has 0 fully saturated rings. The van der Waals surface area contributed by atoms with E-state index in [1.165, 1.54) is 13.3 Å². The van der Waals surface area contributed by atoms with Crippen molar-refractivity contribution >= 4 is 70.9 Å². The Morgan fingerprint density at radius 2 is 0.717 bits per heavy atom. The maximum Gasteiger partial charge on any atom is 0.243 e. The standard InChI is InChI=1S/C76H126N18O12/c1-12-49(10)64(76(106)92-60(41-47(6)7)71(101)88-55(33-21-25-37-79)69(99)93-63(48(8)9)75(105)89-58(66(81)96)39-45(2)3)94-70(100)56(34-22-26-38-80)85-67(97)53(31-19-23-35-77)87-74(104)62(43-57-65(83-44-82-57)52-29-17-14-18-30-52)91-72(102)59(40-46(4)5)90-68(98)54(32-20-24-36-78)86-73(103)61(84-50(11)95)42-51-27-15-13-16-28-51/h13-18,27-30,44-49,53-56,58-64H,12,19-26,31-43,77-80H2,1-11H3,(H2,81,96)(H,82,83)(H,84,95)(H,85,97)(H,86,103)(H,87,104)(H,88,101)(H,89,105)(H,90,98)(H,91,102)(H,92,106)(H,93,99)(H,94,100)/t49-,53-,54-,55-,56-,58-,59-,60-,61-,62-,63-,64-/m0/s1. The van der Waals surface area contributed by atoms with Gasteiger partial charge in [-0.3, -0.25) is 57.5 Å². The van der Waals surface area contributed by atoms with Crippen molar-refractivity contribution in [2.24, 2.45) is 58.3 Å². The van der Waals surface area contributed by atoms with Crippen molar-refractivity contribution in [2.45, 2.75) is 258 Å². The highest BCUT2D eigenvalue weighted by Crippen LogP contribution is 2.23. The normalized spacial score (nSPS) is 14.8. The van der Waals surface area contributed by atoms with Crippen molar-refractivity contribution in [3.05, 3.63) is 78.2 Å². The predicted molar refractivity (Wildman–Crippen MR) is 408 cm³/mol. The van der Waals surface area contributed by atoms with Crippen LogP contribution in [0.5, 0.6) is 0 Å². The molecule has 0 saturated carbocycles. The van der Waals surface area contributed by atoms with Crippen LogP contribution < -0.4 is 87.2 Å². The van der Waals surface area contributed by atoms with Gasteiger partial charge in [0.05, 0.1) is 12.0 Å². The summed E-state index contributed by atoms with van der Waals surface area (Å²) in [5.74, 6) is -9.82. The van der Waals surface area contributed by atoms with Crippen molar-refractivity contribution < 1.29 is 57.5 Å². The van der Waals surface area contributed by atoms with Gasteiger partial charge < -0.3 is 92.1 Å². The number of carbonyl (C=O) groups is 12. The zero-order valence-corrected chi connectivity index (χ0v) is 64.4. The van der Waals surface area contributed by atoms with Crippen LogP contribution in [-0.4, -0.2) is 173 Å². The van der Waals surface area contributed by atoms with Crippen molar-refractivity contribution in [1.82, 2.24) is 68.5 Å². The van der Waals surface area contributed by atoms with Crippen LogP contribution in [0.2, 0.25) is 0 Å². The second-order valence-corrected chi connectivity index (χ2v) is 29.3. The second kappa shape index (κ2) is 49.1. The molecule has 22 N–H and O–H groups in total. The number of benzene rings is 2. The minimum Gasteiger partial charge on any atom is -0.368 e. The fourth-order valence-corrected chi connectivity index (χ4v) is 12.1. The van der Waals surface area contributed by atoms with Gasteiger partial charge in [-0.25, -0.2) is 4.98 Å². The molecule has 0 aliphatic heterocycles. The van der Waals surface area contributed by atoms with Crippen LogP contribution in [0, 0.1) is 29.6 Å². The summed E-state index contributed by atoms with van der Waals surface area (Å²) in [6.07, 6.45) is 5.82. The number of amides is 12. The van der Waals surface area contributed by atoms with E-state index in [-0.39, 0.29) is 88.6 Å². The summed E-state index contributed by atoms with van der Waals surface area (Å²) in [4.78, 5) is 178. The topological polar surface area (TPSA) is 496 Å². The average molecular weight is 1480 g/mol. The van der Waals surface area contributed by atoms with Crippen LogP contribution in [-0.2, 0) is 70.4 Å². The molecule has 1 heterocycles. The summed E-state index contributed by atoms with van der Waals surface area (Å²) in [7, 11) is 0. The lowest BCUT2D eigenvalue weighted by Crippen LogP contribution is -2.62. The lowest BCUT2D eigenvalue weighted by atomic mass is 9.95. The summed E-state index contributed by atoms with van der Waals surface area (Å²) in [5.41, 5.74) is 31.6. The lowest BCUT2D eigenvalue weighted by molar-refractivity contribution is -0.137. The molecule has 30 heteroatoms. The van der Waals surface area contributed by atoms with Gasteiger partial charge in [-0.1, -0.05) is 136 Å². The van der Waals surface area contributed by atoms with E-state index in [9.17, 15) is 47.9 Å². The minimum atomic E-state index is -1.46. The van der Waals surface area contributed by atoms with Gasteiger partial charge in [0.1, 0.15) is 66.5 Å². The largest absolute Gasteiger partial charge is 0.368 e. The second-order valence-electron chi connectivity index (χ2n) is 29.3. The molecule has 3 rings (SSSR count). The van der Waals surface area contributed by atoms with Crippen LogP contribution in [0.15, 0.2) is 67.0 Å². The first-order valence-electron chi connectivity index (χ1n) is 37.9. The number of primary amides is 1. The van der Waals surface area contributed by atoms with E-state index in [1.54, 1.807) is 32.9 Å². The van der Waals surface area contributed by atoms with Gasteiger partial charge in [0.25, 0.3) is 0 Å². The summed E-state index contributed by atoms with van der Waals surface area (Å²) < 4.78 is 0. The van der Waals surface area contributed by atoms with E-state index in [4.69, 9.17) is 28.7 Å². The molecule has 0 spiro atoms. The molecule has 0 radical (unpaired) electrons. The quantitative estimate of drug-likeness (QED) is 0.0360. The Kier molecular flexibility index (Phi) is 42.3. The Bertz CT molecular complexity index is 3230. The lowest BCUT2D eigenvalue weighted by Gasteiger charge is -2.30. The number of aromatic nitrogens is 2. The molecular weight excluding hydrogens is 1360 g/mol. The summed E-state index contributed by atoms with van der Waals surface area (Å²) in [6.45, 7) is 20.5. The molecule has 0 saturated heterocycles. The van der Waals surface area contributed by atoms with Crippen molar-refractivity contribution in [3.63, 3.8) is 0 Å². The molecule has 12 amide bonds. The first-order valence-corrected chi connectivity index (χ1v) is 37.9. The Balaban J connectivity index is 2.05. The van der Waals surface area contributed by atoms with Gasteiger partial charge in [-0.2, -0.15) is 0 Å². The fourth-order valence-electron chi connectivity index (χ4n) is 12.1. The summed E-state index contributed by atoms with van der Waals surface area (Å²) in [5, 5.41) is 30.9. The van der Waals surface area contributed by atoms with Crippen molar-refractivity contribution in [2.75, 3.05) is 26.2 Å². The monoisotopic (exact) mass is 1480 g/mol. The Hall–Kier alpha value is -8.87. The van der Waals surface area contributed by atoms with E-state index in [0.29, 0.717) is 87.8 Å². The minimum absolute atomic E-state index is 0.00911. The van der Waals surface area contributed by atoms with Gasteiger partial charge in [0.15, 0.2) is 0 Å². The van der Waals surface area contributed by atoms with Crippen molar-refractivity contribution in [3.8, 4) is 11.3 Å². The molecule has 0 aliphatic carbocycles. The third-order valence-electron chi connectivity index (χ3n) is 18.2. The number of nitrogens with two attached hydrogens (primary N) is 5. The first-order chi connectivity index (χ1) is 50.4. The number of carbonyl (C=O) groups excluding carboxylic acids is 12. The molecule has 0 unspecified atom stereocenters. The van der Waals surface area contributed by atoms with E-state index in [0.717, 1.165) is 5.56 Å². The number of rotatable bonds is 52. The van der Waals surface area contributed by atoms with Crippen LogP contribution in [0.4, 0.5) is 0 Å². The highest BCUT2D eigenvalue weighted by Gasteiger charge is 2.39. The highest BCUT2D eigenvalue weighted by molar-refractivity contribution is 5.99. The third kappa shape index (κ3) is 33.3. The summed E-state index contributed by atoms with van der Waals surface area (Å²) >= 11 is 0. The molecule has 30 nitrogen and oxygen atoms in total. The number of H-pyrrole nitrogens is 1. The van der Waals surface area contributed by atoms with E-state index in [2.05, 4.69) is 68.5 Å². The number of hydrogen-bond acceptors (Lipinski definition) is 17. The predicted octanol–water partition coefficient (Wildman–Crippen LogP) is 2.06. The molecule has 3 aromatic rings. The van der Waals surface area contributed by atoms with Gasteiger partial charge in [0, 0.05) is 31.0 Å². The molecule has 0 bridgehead atoms. The maximum atomic E-state index is 15.2. The summed E-state index contributed by atoms with van der Waals surface area (Å²) in [6, 6.07) is 4.63. The number of nitrogens with zero attached hydrogens (tertiary/aromatic N) is 1. The van der Waals surface area contributed by atoms with Crippen molar-refractivity contribution in [1.29, 1.82) is 0 Å². The van der Waals surface area contributed by atoms with Gasteiger partial charge in [0.2, 0.25) is 70.9 Å². The number of aromatic amines is 1. The number of unbranched alkanes of at least 4 members (excludes halogenated alkanes) is 4. The Labute approximate surface area is 626 Å². The Morgan fingerprint density at radius 3 is 1.10 bits per heavy atom. The Morgan fingerprint density at radius 1 is 0.387 bits per heavy atom. The van der Waals surface area contributed by atoms with Gasteiger partial charge in [-0.15, -0.1) is 0 Å². The van der Waals surface area contributed by atoms with Crippen LogP contribution in [0.1, 0.15) is 190 Å². The van der Waals surface area contributed by atoms with E-state index < -0.39 is 149 Å². The van der Waals surface area contributed by atoms with E-state index in [1.807, 2.05) is 97.0 Å².